The molecule has 3 rings (SSSR count). The first-order valence-electron chi connectivity index (χ1n) is 9.93. The molecule has 3 N–H and O–H groups in total. The lowest BCUT2D eigenvalue weighted by molar-refractivity contribution is -0.122. The Kier molecular flexibility index (Phi) is 6.10. The van der Waals surface area contributed by atoms with E-state index in [1.54, 1.807) is 37.3 Å². The van der Waals surface area contributed by atoms with Gasteiger partial charge in [-0.05, 0) is 48.2 Å². The van der Waals surface area contributed by atoms with Gasteiger partial charge in [0, 0.05) is 24.2 Å². The van der Waals surface area contributed by atoms with E-state index in [4.69, 9.17) is 4.74 Å². The van der Waals surface area contributed by atoms with Gasteiger partial charge in [-0.2, -0.15) is 0 Å². The number of rotatable bonds is 5. The highest BCUT2D eigenvalue weighted by Gasteiger charge is 2.23. The van der Waals surface area contributed by atoms with Crippen molar-refractivity contribution in [2.45, 2.75) is 45.6 Å². The number of amides is 3. The number of anilines is 2. The third-order valence-electron chi connectivity index (χ3n) is 4.84. The van der Waals surface area contributed by atoms with Crippen molar-refractivity contribution < 1.29 is 19.1 Å². The van der Waals surface area contributed by atoms with Crippen molar-refractivity contribution in [2.75, 3.05) is 17.2 Å². The second kappa shape index (κ2) is 8.57. The molecule has 0 aliphatic carbocycles. The molecule has 1 heterocycles. The van der Waals surface area contributed by atoms with Crippen LogP contribution in [0.15, 0.2) is 42.5 Å². The zero-order valence-electron chi connectivity index (χ0n) is 17.7. The van der Waals surface area contributed by atoms with Gasteiger partial charge in [-0.15, -0.1) is 0 Å². The molecule has 7 nitrogen and oxygen atoms in total. The van der Waals surface area contributed by atoms with Crippen LogP contribution in [-0.4, -0.2) is 30.4 Å². The molecule has 2 aromatic rings. The molecule has 158 valence electrons. The number of hydrogen-bond acceptors (Lipinski definition) is 4. The fraction of sp³-hybridized carbons (Fsp3) is 0.348. The summed E-state index contributed by atoms with van der Waals surface area (Å²) in [6.07, 6.45) is -0.422. The van der Waals surface area contributed by atoms with Crippen LogP contribution in [0.25, 0.3) is 0 Å². The van der Waals surface area contributed by atoms with Gasteiger partial charge in [0.25, 0.3) is 11.8 Å². The summed E-state index contributed by atoms with van der Waals surface area (Å²) in [6.45, 7) is 8.23. The second-order valence-corrected chi connectivity index (χ2v) is 8.34. The van der Waals surface area contributed by atoms with Crippen molar-refractivity contribution in [3.05, 3.63) is 53.6 Å². The Morgan fingerprint density at radius 2 is 1.80 bits per heavy atom. The van der Waals surface area contributed by atoms with Gasteiger partial charge in [0.05, 0.1) is 5.69 Å². The van der Waals surface area contributed by atoms with Crippen molar-refractivity contribution >= 4 is 29.1 Å². The average molecular weight is 409 g/mol. The van der Waals surface area contributed by atoms with E-state index in [9.17, 15) is 14.4 Å². The number of carbonyl (C=O) groups is 3. The fourth-order valence-electron chi connectivity index (χ4n) is 3.02. The summed E-state index contributed by atoms with van der Waals surface area (Å²) in [7, 11) is 0. The first-order chi connectivity index (χ1) is 14.1. The first kappa shape index (κ1) is 21.4. The lowest BCUT2D eigenvalue weighted by Crippen LogP contribution is -2.34. The maximum atomic E-state index is 12.3. The quantitative estimate of drug-likeness (QED) is 0.705. The largest absolute Gasteiger partial charge is 0.479 e. The molecule has 7 heteroatoms. The highest BCUT2D eigenvalue weighted by atomic mass is 16.5. The van der Waals surface area contributed by atoms with Gasteiger partial charge >= 0.3 is 0 Å². The highest BCUT2D eigenvalue weighted by Crippen LogP contribution is 2.32. The first-order valence-corrected chi connectivity index (χ1v) is 9.93. The molecule has 1 atom stereocenters. The summed E-state index contributed by atoms with van der Waals surface area (Å²) < 4.78 is 5.49. The van der Waals surface area contributed by atoms with E-state index in [0.717, 1.165) is 5.56 Å². The Morgan fingerprint density at radius 3 is 2.47 bits per heavy atom. The predicted molar refractivity (Wildman–Crippen MR) is 116 cm³/mol. The molecule has 2 aromatic carbocycles. The van der Waals surface area contributed by atoms with E-state index in [2.05, 4.69) is 36.7 Å². The molecule has 0 unspecified atom stereocenters. The molecule has 0 bridgehead atoms. The molecule has 0 aromatic heterocycles. The molecule has 0 fully saturated rings. The zero-order chi connectivity index (χ0) is 21.9. The Hall–Kier alpha value is -3.35. The maximum absolute atomic E-state index is 12.3. The lowest BCUT2D eigenvalue weighted by Gasteiger charge is -2.23. The number of fused-ring (bicyclic) bond motifs is 1. The van der Waals surface area contributed by atoms with Crippen molar-refractivity contribution in [3.8, 4) is 5.75 Å². The second-order valence-electron chi connectivity index (χ2n) is 8.34. The van der Waals surface area contributed by atoms with Crippen LogP contribution >= 0.6 is 0 Å². The van der Waals surface area contributed by atoms with E-state index in [1.165, 1.54) is 0 Å². The van der Waals surface area contributed by atoms with Crippen molar-refractivity contribution in [2.24, 2.45) is 0 Å². The Labute approximate surface area is 176 Å². The number of benzene rings is 2. The van der Waals surface area contributed by atoms with Crippen LogP contribution in [0.2, 0.25) is 0 Å². The average Bonchev–Trinajstić information content (AvgIpc) is 2.68. The van der Waals surface area contributed by atoms with Crippen LogP contribution in [0.4, 0.5) is 11.4 Å². The van der Waals surface area contributed by atoms with Gasteiger partial charge in [-0.3, -0.25) is 14.4 Å². The minimum absolute atomic E-state index is 0.0248. The summed E-state index contributed by atoms with van der Waals surface area (Å²) in [5.74, 6) is -0.130. The maximum Gasteiger partial charge on any atom is 0.265 e. The molecule has 1 aliphatic heterocycles. The third kappa shape index (κ3) is 5.17. The number of hydrogen-bond donors (Lipinski definition) is 3. The SMILES string of the molecule is C[C@H]1Oc2ccc(NC(=O)CCNC(=O)c3ccc(C(C)(C)C)cc3)cc2NC1=O. The molecule has 0 saturated heterocycles. The number of carbonyl (C=O) groups excluding carboxylic acids is 3. The normalized spacial score (nSPS) is 15.5. The van der Waals surface area contributed by atoms with Crippen LogP contribution in [-0.2, 0) is 15.0 Å². The molecule has 0 radical (unpaired) electrons. The Balaban J connectivity index is 1.49. The van der Waals surface area contributed by atoms with Crippen molar-refractivity contribution in [1.82, 2.24) is 5.32 Å². The van der Waals surface area contributed by atoms with Crippen LogP contribution in [0.5, 0.6) is 5.75 Å². The van der Waals surface area contributed by atoms with E-state index >= 15 is 0 Å². The minimum Gasteiger partial charge on any atom is -0.479 e. The predicted octanol–water partition coefficient (Wildman–Crippen LogP) is 3.46. The van der Waals surface area contributed by atoms with E-state index in [1.807, 2.05) is 12.1 Å². The number of nitrogens with one attached hydrogen (secondary N) is 3. The molecule has 3 amide bonds. The molecular weight excluding hydrogens is 382 g/mol. The van der Waals surface area contributed by atoms with Gasteiger partial charge in [-0.1, -0.05) is 32.9 Å². The van der Waals surface area contributed by atoms with Crippen molar-refractivity contribution in [1.29, 1.82) is 0 Å². The van der Waals surface area contributed by atoms with E-state index in [-0.39, 0.29) is 36.1 Å². The van der Waals surface area contributed by atoms with Gasteiger partial charge in [-0.25, -0.2) is 0 Å². The Bertz CT molecular complexity index is 961. The Morgan fingerprint density at radius 1 is 1.10 bits per heavy atom. The molecular formula is C23H27N3O4. The van der Waals surface area contributed by atoms with Gasteiger partial charge in [0.2, 0.25) is 5.91 Å². The molecule has 1 aliphatic rings. The van der Waals surface area contributed by atoms with Gasteiger partial charge in [0.15, 0.2) is 6.10 Å². The molecule has 0 saturated carbocycles. The van der Waals surface area contributed by atoms with Gasteiger partial charge in [0.1, 0.15) is 5.75 Å². The van der Waals surface area contributed by atoms with Crippen LogP contribution in [0.3, 0.4) is 0 Å². The summed E-state index contributed by atoms with van der Waals surface area (Å²) in [5, 5.41) is 8.26. The zero-order valence-corrected chi connectivity index (χ0v) is 17.7. The van der Waals surface area contributed by atoms with Crippen LogP contribution < -0.4 is 20.7 Å². The fourth-order valence-corrected chi connectivity index (χ4v) is 3.02. The molecule has 0 spiro atoms. The molecule has 30 heavy (non-hydrogen) atoms. The highest BCUT2D eigenvalue weighted by molar-refractivity contribution is 5.99. The number of ether oxygens (including phenoxy) is 1. The summed E-state index contributed by atoms with van der Waals surface area (Å²) >= 11 is 0. The lowest BCUT2D eigenvalue weighted by atomic mass is 9.87. The summed E-state index contributed by atoms with van der Waals surface area (Å²) in [4.78, 5) is 36.2. The van der Waals surface area contributed by atoms with Crippen LogP contribution in [0.1, 0.15) is 50.0 Å². The van der Waals surface area contributed by atoms with E-state index in [0.29, 0.717) is 22.7 Å². The smallest absolute Gasteiger partial charge is 0.265 e. The minimum atomic E-state index is -0.550. The van der Waals surface area contributed by atoms with Crippen molar-refractivity contribution in [3.63, 3.8) is 0 Å². The van der Waals surface area contributed by atoms with Crippen LogP contribution in [0, 0.1) is 0 Å². The summed E-state index contributed by atoms with van der Waals surface area (Å²) in [6, 6.07) is 12.5. The topological polar surface area (TPSA) is 96.5 Å². The summed E-state index contributed by atoms with van der Waals surface area (Å²) in [5.41, 5.74) is 2.79. The third-order valence-corrected chi connectivity index (χ3v) is 4.84. The van der Waals surface area contributed by atoms with Gasteiger partial charge < -0.3 is 20.7 Å². The monoisotopic (exact) mass is 409 g/mol. The van der Waals surface area contributed by atoms with E-state index < -0.39 is 6.10 Å². The standard InChI is InChI=1S/C23H27N3O4/c1-14-21(28)26-18-13-17(9-10-19(18)30-14)25-20(27)11-12-24-22(29)15-5-7-16(8-6-15)23(2,3)4/h5-10,13-14H,11-12H2,1-4H3,(H,24,29)(H,25,27)(H,26,28)/t14-/m1/s1.